The smallest absolute Gasteiger partial charge is 0.171 e. The highest BCUT2D eigenvalue weighted by Gasteiger charge is 2.42. The van der Waals surface area contributed by atoms with Gasteiger partial charge in [-0.3, -0.25) is 0 Å². The van der Waals surface area contributed by atoms with Gasteiger partial charge in [0.25, 0.3) is 0 Å². The first-order valence-electron chi connectivity index (χ1n) is 6.87. The molecular formula is C15H26O4. The van der Waals surface area contributed by atoms with Crippen molar-refractivity contribution >= 4 is 6.29 Å². The zero-order valence-electron chi connectivity index (χ0n) is 12.5. The molecule has 0 bridgehead atoms. The Bertz CT molecular complexity index is 315. The number of hydrogen-bond donors (Lipinski definition) is 0. The predicted octanol–water partition coefficient (Wildman–Crippen LogP) is 2.72. The fourth-order valence-corrected chi connectivity index (χ4v) is 2.45. The number of carbonyl (C=O) groups is 1. The molecule has 3 atom stereocenters. The van der Waals surface area contributed by atoms with Gasteiger partial charge in [0, 0.05) is 33.5 Å². The second kappa shape index (κ2) is 7.17. The number of ether oxygens (including phenoxy) is 3. The third kappa shape index (κ3) is 4.13. The van der Waals surface area contributed by atoms with E-state index in [0.717, 1.165) is 12.7 Å². The lowest BCUT2D eigenvalue weighted by atomic mass is 9.93. The van der Waals surface area contributed by atoms with Crippen molar-refractivity contribution in [2.24, 2.45) is 5.92 Å². The second-order valence-corrected chi connectivity index (χ2v) is 5.39. The van der Waals surface area contributed by atoms with Crippen LogP contribution in [0.2, 0.25) is 0 Å². The summed E-state index contributed by atoms with van der Waals surface area (Å²) in [6.45, 7) is 4.78. The topological polar surface area (TPSA) is 44.8 Å². The van der Waals surface area contributed by atoms with E-state index in [2.05, 4.69) is 26.0 Å². The van der Waals surface area contributed by atoms with Crippen molar-refractivity contribution in [1.29, 1.82) is 0 Å². The molecule has 0 spiro atoms. The van der Waals surface area contributed by atoms with Gasteiger partial charge in [0.05, 0.1) is 12.2 Å². The molecule has 0 N–H and O–H groups in total. The van der Waals surface area contributed by atoms with Gasteiger partial charge in [-0.15, -0.1) is 0 Å². The highest BCUT2D eigenvalue weighted by atomic mass is 16.7. The Kier molecular flexibility index (Phi) is 6.17. The van der Waals surface area contributed by atoms with Crippen molar-refractivity contribution in [2.45, 2.75) is 50.9 Å². The molecule has 0 amide bonds. The average molecular weight is 270 g/mol. The zero-order valence-corrected chi connectivity index (χ0v) is 12.5. The van der Waals surface area contributed by atoms with E-state index in [9.17, 15) is 4.79 Å². The van der Waals surface area contributed by atoms with Crippen LogP contribution in [0.1, 0.15) is 39.5 Å². The molecule has 0 radical (unpaired) electrons. The maximum atomic E-state index is 10.7. The summed E-state index contributed by atoms with van der Waals surface area (Å²) < 4.78 is 17.1. The van der Waals surface area contributed by atoms with E-state index in [1.807, 2.05) is 0 Å². The Hall–Kier alpha value is -0.710. The molecule has 1 rings (SSSR count). The Morgan fingerprint density at radius 3 is 2.63 bits per heavy atom. The first kappa shape index (κ1) is 16.3. The van der Waals surface area contributed by atoms with Gasteiger partial charge in [-0.25, -0.2) is 0 Å². The number of rotatable bonds is 9. The normalized spacial score (nSPS) is 29.4. The molecule has 4 heteroatoms. The molecular weight excluding hydrogens is 244 g/mol. The Labute approximate surface area is 116 Å². The highest BCUT2D eigenvalue weighted by molar-refractivity contribution is 5.49. The van der Waals surface area contributed by atoms with Gasteiger partial charge < -0.3 is 19.0 Å². The molecule has 0 saturated carbocycles. The summed E-state index contributed by atoms with van der Waals surface area (Å²) in [5, 5.41) is 0. The van der Waals surface area contributed by atoms with Gasteiger partial charge >= 0.3 is 0 Å². The van der Waals surface area contributed by atoms with Crippen LogP contribution in [0.15, 0.2) is 12.2 Å². The average Bonchev–Trinajstić information content (AvgIpc) is 2.73. The van der Waals surface area contributed by atoms with Crippen molar-refractivity contribution in [3.05, 3.63) is 12.2 Å². The van der Waals surface area contributed by atoms with Gasteiger partial charge in [-0.1, -0.05) is 19.1 Å². The minimum Gasteiger partial charge on any atom is -0.384 e. The molecule has 0 aliphatic heterocycles. The van der Waals surface area contributed by atoms with Crippen LogP contribution in [0, 0.1) is 5.92 Å². The second-order valence-electron chi connectivity index (χ2n) is 5.39. The van der Waals surface area contributed by atoms with Crippen LogP contribution in [-0.2, 0) is 19.0 Å². The monoisotopic (exact) mass is 270 g/mol. The maximum absolute atomic E-state index is 10.7. The van der Waals surface area contributed by atoms with Gasteiger partial charge in [0.15, 0.2) is 5.79 Å². The lowest BCUT2D eigenvalue weighted by molar-refractivity contribution is -0.280. The fraction of sp³-hybridized carbons (Fsp3) is 0.800. The summed E-state index contributed by atoms with van der Waals surface area (Å²) in [5.74, 6) is -0.352. The molecule has 0 aromatic rings. The molecule has 0 fully saturated rings. The van der Waals surface area contributed by atoms with Crippen molar-refractivity contribution in [3.8, 4) is 0 Å². The van der Waals surface area contributed by atoms with Crippen LogP contribution in [0.5, 0.6) is 0 Å². The molecule has 3 unspecified atom stereocenters. The summed E-state index contributed by atoms with van der Waals surface area (Å²) in [5.41, 5.74) is -0.341. The van der Waals surface area contributed by atoms with Crippen molar-refractivity contribution in [2.75, 3.05) is 20.8 Å². The Morgan fingerprint density at radius 2 is 2.16 bits per heavy atom. The summed E-state index contributed by atoms with van der Waals surface area (Å²) in [4.78, 5) is 10.7. The van der Waals surface area contributed by atoms with E-state index in [-0.39, 0.29) is 5.60 Å². The van der Waals surface area contributed by atoms with E-state index in [4.69, 9.17) is 14.2 Å². The van der Waals surface area contributed by atoms with Crippen molar-refractivity contribution in [3.63, 3.8) is 0 Å². The molecule has 0 aromatic heterocycles. The third-order valence-electron chi connectivity index (χ3n) is 4.03. The van der Waals surface area contributed by atoms with E-state index >= 15 is 0 Å². The van der Waals surface area contributed by atoms with E-state index in [0.29, 0.717) is 31.8 Å². The summed E-state index contributed by atoms with van der Waals surface area (Å²) in [7, 11) is 3.28. The van der Waals surface area contributed by atoms with E-state index < -0.39 is 5.79 Å². The zero-order chi connectivity index (χ0) is 14.4. The van der Waals surface area contributed by atoms with Crippen LogP contribution in [0.3, 0.4) is 0 Å². The highest BCUT2D eigenvalue weighted by Crippen LogP contribution is 2.39. The Morgan fingerprint density at radius 1 is 1.42 bits per heavy atom. The van der Waals surface area contributed by atoms with Gasteiger partial charge in [0.2, 0.25) is 0 Å². The van der Waals surface area contributed by atoms with Gasteiger partial charge in [0.1, 0.15) is 6.29 Å². The number of allylic oxidation sites excluding steroid dienone is 1. The molecule has 110 valence electrons. The molecule has 4 nitrogen and oxygen atoms in total. The van der Waals surface area contributed by atoms with E-state index in [1.54, 1.807) is 14.2 Å². The van der Waals surface area contributed by atoms with Crippen molar-refractivity contribution < 1.29 is 19.0 Å². The first-order valence-corrected chi connectivity index (χ1v) is 6.87. The molecule has 19 heavy (non-hydrogen) atoms. The lowest BCUT2D eigenvalue weighted by Crippen LogP contribution is -2.46. The minimum absolute atomic E-state index is 0.341. The SMILES string of the molecule is COCCC(CCC=O)(OC)OC1(C)C=CCC1C. The minimum atomic E-state index is -0.755. The van der Waals surface area contributed by atoms with Crippen LogP contribution >= 0.6 is 0 Å². The fourth-order valence-electron chi connectivity index (χ4n) is 2.45. The maximum Gasteiger partial charge on any atom is 0.171 e. The van der Waals surface area contributed by atoms with Crippen LogP contribution in [0.25, 0.3) is 0 Å². The van der Waals surface area contributed by atoms with Crippen molar-refractivity contribution in [1.82, 2.24) is 0 Å². The van der Waals surface area contributed by atoms with Crippen LogP contribution < -0.4 is 0 Å². The summed E-state index contributed by atoms with van der Waals surface area (Å²) in [6, 6.07) is 0. The molecule has 0 aromatic carbocycles. The number of aldehydes is 1. The lowest BCUT2D eigenvalue weighted by Gasteiger charge is -2.41. The first-order chi connectivity index (χ1) is 9.02. The van der Waals surface area contributed by atoms with Gasteiger partial charge in [-0.05, 0) is 19.3 Å². The quantitative estimate of drug-likeness (QED) is 0.367. The molecule has 0 saturated heterocycles. The largest absolute Gasteiger partial charge is 0.384 e. The van der Waals surface area contributed by atoms with Crippen LogP contribution in [-0.4, -0.2) is 38.5 Å². The molecule has 0 heterocycles. The number of carbonyl (C=O) groups excluding carboxylic acids is 1. The number of hydrogen-bond acceptors (Lipinski definition) is 4. The summed E-state index contributed by atoms with van der Waals surface area (Å²) >= 11 is 0. The standard InChI is InChI=1S/C15H26O4/c1-13-7-5-8-14(13,2)19-15(18-4,9-6-11-16)10-12-17-3/h5,8,11,13H,6-7,9-10,12H2,1-4H3. The van der Waals surface area contributed by atoms with E-state index in [1.165, 1.54) is 0 Å². The van der Waals surface area contributed by atoms with Crippen LogP contribution in [0.4, 0.5) is 0 Å². The predicted molar refractivity (Wildman–Crippen MR) is 73.9 cm³/mol. The summed E-state index contributed by atoms with van der Waals surface area (Å²) in [6.07, 6.45) is 7.73. The number of methoxy groups -OCH3 is 2. The molecule has 1 aliphatic rings. The van der Waals surface area contributed by atoms with Gasteiger partial charge in [-0.2, -0.15) is 0 Å². The molecule has 1 aliphatic carbocycles. The third-order valence-corrected chi connectivity index (χ3v) is 4.03. The Balaban J connectivity index is 2.81.